The van der Waals surface area contributed by atoms with Crippen LogP contribution in [0.2, 0.25) is 5.02 Å². The maximum atomic E-state index is 10.8. The van der Waals surface area contributed by atoms with Crippen molar-refractivity contribution in [2.75, 3.05) is 12.4 Å². The first-order chi connectivity index (χ1) is 8.70. The molecule has 0 aliphatic heterocycles. The third-order valence-corrected chi connectivity index (χ3v) is 3.67. The van der Waals surface area contributed by atoms with E-state index in [0.717, 1.165) is 6.07 Å². The number of hydrogen-bond acceptors (Lipinski definition) is 5. The van der Waals surface area contributed by atoms with Crippen molar-refractivity contribution in [2.24, 2.45) is 5.14 Å². The Labute approximate surface area is 123 Å². The molecule has 0 amide bonds. The van der Waals surface area contributed by atoms with Crippen molar-refractivity contribution in [1.29, 1.82) is 0 Å². The van der Waals surface area contributed by atoms with E-state index in [9.17, 15) is 18.5 Å². The zero-order valence-electron chi connectivity index (χ0n) is 9.51. The average molecular weight is 374 g/mol. The number of primary sulfonamides is 1. The molecule has 0 saturated carbocycles. The van der Waals surface area contributed by atoms with Gasteiger partial charge in [0.1, 0.15) is 0 Å². The fourth-order valence-electron chi connectivity index (χ4n) is 1.26. The predicted molar refractivity (Wildman–Crippen MR) is 73.9 cm³/mol. The minimum atomic E-state index is -3.57. The number of nitrogens with zero attached hydrogens (tertiary/aromatic N) is 1. The van der Waals surface area contributed by atoms with Crippen molar-refractivity contribution < 1.29 is 18.1 Å². The lowest BCUT2D eigenvalue weighted by Gasteiger charge is -2.08. The van der Waals surface area contributed by atoms with Gasteiger partial charge in [-0.2, -0.15) is 0 Å². The van der Waals surface area contributed by atoms with Crippen molar-refractivity contribution in [3.8, 4) is 5.75 Å². The van der Waals surface area contributed by atoms with Crippen LogP contribution in [0.3, 0.4) is 0 Å². The molecule has 0 atom stereocenters. The molecule has 0 aliphatic carbocycles. The fraction of sp³-hybridized carbons (Fsp3) is 0.333. The van der Waals surface area contributed by atoms with Crippen molar-refractivity contribution in [1.82, 2.24) is 0 Å². The van der Waals surface area contributed by atoms with Gasteiger partial charge in [0.2, 0.25) is 15.8 Å². The molecule has 1 aromatic rings. The summed E-state index contributed by atoms with van der Waals surface area (Å²) < 4.78 is 27.0. The second-order valence-electron chi connectivity index (χ2n) is 3.56. The first-order valence-electron chi connectivity index (χ1n) is 4.97. The third-order valence-electron chi connectivity index (χ3n) is 2.01. The number of nitrogens with two attached hydrogens (primary N) is 1. The Hall–Kier alpha value is -0.900. The van der Waals surface area contributed by atoms with Gasteiger partial charge >= 0.3 is 5.69 Å². The highest BCUT2D eigenvalue weighted by atomic mass is 79.9. The van der Waals surface area contributed by atoms with E-state index in [0.29, 0.717) is 4.47 Å². The van der Waals surface area contributed by atoms with Crippen LogP contribution in [0.4, 0.5) is 5.69 Å². The van der Waals surface area contributed by atoms with Crippen molar-refractivity contribution in [3.05, 3.63) is 31.7 Å². The Morgan fingerprint density at radius 3 is 2.63 bits per heavy atom. The quantitative estimate of drug-likeness (QED) is 0.466. The summed E-state index contributed by atoms with van der Waals surface area (Å²) in [5.74, 6) is -0.254. The molecule has 0 aliphatic rings. The van der Waals surface area contributed by atoms with Gasteiger partial charge in [-0.25, -0.2) is 13.6 Å². The topological polar surface area (TPSA) is 113 Å². The molecule has 0 fully saturated rings. The number of rotatable bonds is 6. The molecule has 7 nitrogen and oxygen atoms in total. The maximum Gasteiger partial charge on any atom is 0.313 e. The van der Waals surface area contributed by atoms with Crippen LogP contribution >= 0.6 is 27.5 Å². The van der Waals surface area contributed by atoms with E-state index in [1.807, 2.05) is 0 Å². The average Bonchev–Trinajstić information content (AvgIpc) is 2.24. The highest BCUT2D eigenvalue weighted by Crippen LogP contribution is 2.37. The first-order valence-corrected chi connectivity index (χ1v) is 7.86. The van der Waals surface area contributed by atoms with Gasteiger partial charge in [-0.05, 0) is 28.4 Å². The van der Waals surface area contributed by atoms with Crippen LogP contribution in [0.5, 0.6) is 5.75 Å². The van der Waals surface area contributed by atoms with Gasteiger partial charge in [0, 0.05) is 11.1 Å². The molecule has 0 spiro atoms. The molecule has 0 aromatic heterocycles. The second kappa shape index (κ2) is 6.51. The summed E-state index contributed by atoms with van der Waals surface area (Å²) in [6, 6.07) is 2.60. The van der Waals surface area contributed by atoms with Crippen molar-refractivity contribution >= 4 is 43.2 Å². The monoisotopic (exact) mass is 372 g/mol. The standard InChI is InChI=1S/C9H10BrClN2O5S/c10-7-4-6(11)5-8(13(14)15)9(7)18-2-1-3-19(12,16)17/h4-5H,1-3H2,(H2,12,16,17). The number of nitro groups is 1. The lowest BCUT2D eigenvalue weighted by Crippen LogP contribution is -2.18. The Balaban J connectivity index is 2.80. The maximum absolute atomic E-state index is 10.8. The largest absolute Gasteiger partial charge is 0.486 e. The van der Waals surface area contributed by atoms with Crippen molar-refractivity contribution in [3.63, 3.8) is 0 Å². The normalized spacial score (nSPS) is 11.3. The van der Waals surface area contributed by atoms with E-state index in [4.69, 9.17) is 21.5 Å². The number of benzene rings is 1. The minimum absolute atomic E-state index is 0.00354. The molecule has 2 N–H and O–H groups in total. The number of hydrogen-bond donors (Lipinski definition) is 1. The smallest absolute Gasteiger partial charge is 0.313 e. The molecule has 0 radical (unpaired) electrons. The van der Waals surface area contributed by atoms with Crippen LogP contribution in [0.25, 0.3) is 0 Å². The summed E-state index contributed by atoms with van der Waals surface area (Å²) in [5, 5.41) is 15.9. The van der Waals surface area contributed by atoms with Gasteiger partial charge in [-0.15, -0.1) is 0 Å². The lowest BCUT2D eigenvalue weighted by atomic mass is 10.3. The highest BCUT2D eigenvalue weighted by Gasteiger charge is 2.20. The highest BCUT2D eigenvalue weighted by molar-refractivity contribution is 9.10. The van der Waals surface area contributed by atoms with Crippen LogP contribution in [0.1, 0.15) is 6.42 Å². The molecule has 0 bridgehead atoms. The molecule has 1 rings (SSSR count). The zero-order chi connectivity index (χ0) is 14.6. The number of sulfonamides is 1. The van der Waals surface area contributed by atoms with Gasteiger partial charge in [0.15, 0.2) is 0 Å². The molecule has 1 aromatic carbocycles. The van der Waals surface area contributed by atoms with Crippen LogP contribution < -0.4 is 9.88 Å². The van der Waals surface area contributed by atoms with Gasteiger partial charge in [0.05, 0.1) is 21.8 Å². The van der Waals surface area contributed by atoms with Crippen molar-refractivity contribution in [2.45, 2.75) is 6.42 Å². The summed E-state index contributed by atoms with van der Waals surface area (Å²) in [5.41, 5.74) is -0.296. The summed E-state index contributed by atoms with van der Waals surface area (Å²) >= 11 is 8.80. The summed E-state index contributed by atoms with van der Waals surface area (Å²) in [6.07, 6.45) is 0.130. The number of halogens is 2. The van der Waals surface area contributed by atoms with E-state index in [1.54, 1.807) is 0 Å². The van der Waals surface area contributed by atoms with Gasteiger partial charge in [0.25, 0.3) is 0 Å². The van der Waals surface area contributed by atoms with Crippen LogP contribution in [0, 0.1) is 10.1 Å². The Morgan fingerprint density at radius 1 is 1.47 bits per heavy atom. The molecule has 0 heterocycles. The van der Waals surface area contributed by atoms with Gasteiger partial charge < -0.3 is 4.74 Å². The predicted octanol–water partition coefficient (Wildman–Crippen LogP) is 2.07. The second-order valence-corrected chi connectivity index (χ2v) is 6.59. The van der Waals surface area contributed by atoms with E-state index < -0.39 is 14.9 Å². The van der Waals surface area contributed by atoms with E-state index in [1.165, 1.54) is 6.07 Å². The molecular formula is C9H10BrClN2O5S. The van der Waals surface area contributed by atoms with E-state index in [-0.39, 0.29) is 35.2 Å². The van der Waals surface area contributed by atoms with Gasteiger partial charge in [-0.1, -0.05) is 11.6 Å². The summed E-state index contributed by atoms with van der Waals surface area (Å²) in [7, 11) is -3.57. The fourth-order valence-corrected chi connectivity index (χ4v) is 2.69. The minimum Gasteiger partial charge on any atom is -0.486 e. The third kappa shape index (κ3) is 5.31. The molecular weight excluding hydrogens is 364 g/mol. The Kier molecular flexibility index (Phi) is 5.53. The molecule has 106 valence electrons. The summed E-state index contributed by atoms with van der Waals surface area (Å²) in [4.78, 5) is 10.2. The Bertz CT molecular complexity index is 593. The number of ether oxygens (including phenoxy) is 1. The molecule has 10 heteroatoms. The number of nitro benzene ring substituents is 1. The molecule has 0 saturated heterocycles. The molecule has 0 unspecified atom stereocenters. The zero-order valence-corrected chi connectivity index (χ0v) is 12.7. The first kappa shape index (κ1) is 16.2. The van der Waals surface area contributed by atoms with Crippen LogP contribution in [-0.4, -0.2) is 25.7 Å². The van der Waals surface area contributed by atoms with E-state index >= 15 is 0 Å². The van der Waals surface area contributed by atoms with Crippen LogP contribution in [0.15, 0.2) is 16.6 Å². The Morgan fingerprint density at radius 2 is 2.11 bits per heavy atom. The molecule has 19 heavy (non-hydrogen) atoms. The van der Waals surface area contributed by atoms with Gasteiger partial charge in [-0.3, -0.25) is 10.1 Å². The van der Waals surface area contributed by atoms with E-state index in [2.05, 4.69) is 15.9 Å². The SMILES string of the molecule is NS(=O)(=O)CCCOc1c(Br)cc(Cl)cc1[N+](=O)[O-]. The van der Waals surface area contributed by atoms with Crippen LogP contribution in [-0.2, 0) is 10.0 Å². The summed E-state index contributed by atoms with van der Waals surface area (Å²) in [6.45, 7) is -0.0164. The lowest BCUT2D eigenvalue weighted by molar-refractivity contribution is -0.385.